The number of hydrogen-bond acceptors (Lipinski definition) is 1. The SMILES string of the molecule is Fc1cc(/C=C/c2c3ccccc3cc3ccccc23)ccn1. The zero-order valence-electron chi connectivity index (χ0n) is 12.4. The van der Waals surface area contributed by atoms with Crippen LogP contribution in [0.25, 0.3) is 33.7 Å². The Labute approximate surface area is 133 Å². The molecule has 0 saturated heterocycles. The second-order valence-corrected chi connectivity index (χ2v) is 5.48. The van der Waals surface area contributed by atoms with Gasteiger partial charge in [0.2, 0.25) is 5.95 Å². The number of rotatable bonds is 2. The second kappa shape index (κ2) is 5.65. The first kappa shape index (κ1) is 13.6. The molecule has 3 aromatic carbocycles. The average molecular weight is 299 g/mol. The Bertz CT molecular complexity index is 980. The second-order valence-electron chi connectivity index (χ2n) is 5.48. The molecule has 0 N–H and O–H groups in total. The molecule has 0 saturated carbocycles. The van der Waals surface area contributed by atoms with Crippen LogP contribution in [0.5, 0.6) is 0 Å². The predicted octanol–water partition coefficient (Wildman–Crippen LogP) is 5.70. The summed E-state index contributed by atoms with van der Waals surface area (Å²) >= 11 is 0. The Balaban J connectivity index is 1.96. The molecular formula is C21H14FN. The molecule has 0 unspecified atom stereocenters. The molecule has 0 bridgehead atoms. The van der Waals surface area contributed by atoms with Crippen LogP contribution in [-0.4, -0.2) is 4.98 Å². The maximum atomic E-state index is 13.3. The molecule has 0 aliphatic heterocycles. The highest BCUT2D eigenvalue weighted by atomic mass is 19.1. The van der Waals surface area contributed by atoms with E-state index in [2.05, 4.69) is 41.4 Å². The number of aromatic nitrogens is 1. The van der Waals surface area contributed by atoms with E-state index >= 15 is 0 Å². The highest BCUT2D eigenvalue weighted by Crippen LogP contribution is 2.29. The van der Waals surface area contributed by atoms with Gasteiger partial charge in [-0.25, -0.2) is 4.98 Å². The molecule has 0 atom stereocenters. The highest BCUT2D eigenvalue weighted by Gasteiger charge is 2.04. The molecule has 4 aromatic rings. The van der Waals surface area contributed by atoms with E-state index in [9.17, 15) is 4.39 Å². The van der Waals surface area contributed by atoms with Crippen molar-refractivity contribution in [2.75, 3.05) is 0 Å². The van der Waals surface area contributed by atoms with Crippen molar-refractivity contribution in [2.24, 2.45) is 0 Å². The molecule has 1 heterocycles. The Hall–Kier alpha value is -3.00. The summed E-state index contributed by atoms with van der Waals surface area (Å²) in [7, 11) is 0. The highest BCUT2D eigenvalue weighted by molar-refractivity contribution is 6.07. The van der Waals surface area contributed by atoms with E-state index in [4.69, 9.17) is 0 Å². The standard InChI is InChI=1S/C21H14FN/c22-21-13-15(11-12-23-21)9-10-20-18-7-3-1-5-16(18)14-17-6-2-4-8-19(17)20/h1-14H/b10-9+. The number of benzene rings is 3. The van der Waals surface area contributed by atoms with Gasteiger partial charge in [0, 0.05) is 12.3 Å². The third-order valence-corrected chi connectivity index (χ3v) is 4.01. The van der Waals surface area contributed by atoms with Gasteiger partial charge < -0.3 is 0 Å². The molecule has 0 radical (unpaired) electrons. The van der Waals surface area contributed by atoms with Crippen LogP contribution in [0.4, 0.5) is 4.39 Å². The molecule has 1 aromatic heterocycles. The maximum Gasteiger partial charge on any atom is 0.213 e. The number of halogens is 1. The van der Waals surface area contributed by atoms with Crippen LogP contribution in [0.1, 0.15) is 11.1 Å². The normalized spacial score (nSPS) is 11.5. The van der Waals surface area contributed by atoms with Crippen molar-refractivity contribution in [1.29, 1.82) is 0 Å². The fourth-order valence-electron chi connectivity index (χ4n) is 2.93. The lowest BCUT2D eigenvalue weighted by Crippen LogP contribution is -1.84. The number of hydrogen-bond donors (Lipinski definition) is 0. The minimum Gasteiger partial charge on any atom is -0.228 e. The minimum atomic E-state index is -0.463. The molecule has 4 rings (SSSR count). The monoisotopic (exact) mass is 299 g/mol. The fraction of sp³-hybridized carbons (Fsp3) is 0. The largest absolute Gasteiger partial charge is 0.228 e. The molecular weight excluding hydrogens is 285 g/mol. The van der Waals surface area contributed by atoms with E-state index in [1.165, 1.54) is 33.8 Å². The zero-order valence-corrected chi connectivity index (χ0v) is 12.4. The van der Waals surface area contributed by atoms with Gasteiger partial charge in [0.05, 0.1) is 0 Å². The lowest BCUT2D eigenvalue weighted by atomic mass is 9.96. The van der Waals surface area contributed by atoms with Crippen LogP contribution in [0.2, 0.25) is 0 Å². The summed E-state index contributed by atoms with van der Waals surface area (Å²) in [6.07, 6.45) is 5.47. The van der Waals surface area contributed by atoms with E-state index in [-0.39, 0.29) is 0 Å². The number of fused-ring (bicyclic) bond motifs is 2. The molecule has 110 valence electrons. The Kier molecular flexibility index (Phi) is 3.35. The third kappa shape index (κ3) is 2.59. The lowest BCUT2D eigenvalue weighted by molar-refractivity contribution is 0.583. The van der Waals surface area contributed by atoms with Crippen molar-refractivity contribution in [2.45, 2.75) is 0 Å². The summed E-state index contributed by atoms with van der Waals surface area (Å²) in [5, 5.41) is 4.78. The van der Waals surface area contributed by atoms with Crippen LogP contribution in [0.3, 0.4) is 0 Å². The van der Waals surface area contributed by atoms with E-state index in [0.29, 0.717) is 0 Å². The molecule has 0 fully saturated rings. The summed E-state index contributed by atoms with van der Waals surface area (Å²) in [6.45, 7) is 0. The van der Waals surface area contributed by atoms with Gasteiger partial charge in [-0.15, -0.1) is 0 Å². The van der Waals surface area contributed by atoms with E-state index in [1.807, 2.05) is 30.3 Å². The quantitative estimate of drug-likeness (QED) is 0.342. The van der Waals surface area contributed by atoms with E-state index < -0.39 is 5.95 Å². The maximum absolute atomic E-state index is 13.3. The Morgan fingerprint density at radius 3 is 2.04 bits per heavy atom. The van der Waals surface area contributed by atoms with Crippen molar-refractivity contribution >= 4 is 33.7 Å². The average Bonchev–Trinajstić information content (AvgIpc) is 2.58. The molecule has 0 aliphatic carbocycles. The minimum absolute atomic E-state index is 0.463. The molecule has 0 amide bonds. The smallest absolute Gasteiger partial charge is 0.213 e. The summed E-state index contributed by atoms with van der Waals surface area (Å²) in [6, 6.07) is 22.1. The van der Waals surface area contributed by atoms with Gasteiger partial charge in [0.15, 0.2) is 0 Å². The third-order valence-electron chi connectivity index (χ3n) is 4.01. The van der Waals surface area contributed by atoms with Crippen LogP contribution in [0.15, 0.2) is 72.9 Å². The summed E-state index contributed by atoms with van der Waals surface area (Å²) < 4.78 is 13.3. The molecule has 1 nitrogen and oxygen atoms in total. The van der Waals surface area contributed by atoms with Crippen molar-refractivity contribution in [3.8, 4) is 0 Å². The van der Waals surface area contributed by atoms with Crippen molar-refractivity contribution in [1.82, 2.24) is 4.98 Å². The zero-order chi connectivity index (χ0) is 15.6. The summed E-state index contributed by atoms with van der Waals surface area (Å²) in [5.41, 5.74) is 1.95. The van der Waals surface area contributed by atoms with E-state index in [1.54, 1.807) is 6.07 Å². The van der Waals surface area contributed by atoms with Gasteiger partial charge >= 0.3 is 0 Å². The fourth-order valence-corrected chi connectivity index (χ4v) is 2.93. The lowest BCUT2D eigenvalue weighted by Gasteiger charge is -2.08. The van der Waals surface area contributed by atoms with Gasteiger partial charge in [-0.1, -0.05) is 60.7 Å². The van der Waals surface area contributed by atoms with Gasteiger partial charge in [-0.2, -0.15) is 4.39 Å². The van der Waals surface area contributed by atoms with Gasteiger partial charge in [-0.3, -0.25) is 0 Å². The van der Waals surface area contributed by atoms with Gasteiger partial charge in [0.25, 0.3) is 0 Å². The van der Waals surface area contributed by atoms with Crippen LogP contribution in [-0.2, 0) is 0 Å². The van der Waals surface area contributed by atoms with Gasteiger partial charge in [-0.05, 0) is 44.8 Å². The molecule has 0 spiro atoms. The molecule has 2 heteroatoms. The van der Waals surface area contributed by atoms with Crippen molar-refractivity contribution in [3.05, 3.63) is 90.0 Å². The van der Waals surface area contributed by atoms with Crippen molar-refractivity contribution in [3.63, 3.8) is 0 Å². The predicted molar refractivity (Wildman–Crippen MR) is 94.6 cm³/mol. The van der Waals surface area contributed by atoms with E-state index in [0.717, 1.165) is 11.1 Å². The number of pyridine rings is 1. The van der Waals surface area contributed by atoms with Crippen LogP contribution in [0, 0.1) is 5.95 Å². The van der Waals surface area contributed by atoms with Gasteiger partial charge in [0.1, 0.15) is 0 Å². The first-order chi connectivity index (χ1) is 11.3. The van der Waals surface area contributed by atoms with Crippen LogP contribution >= 0.6 is 0 Å². The van der Waals surface area contributed by atoms with Crippen LogP contribution < -0.4 is 0 Å². The summed E-state index contributed by atoms with van der Waals surface area (Å²) in [4.78, 5) is 3.59. The Morgan fingerprint density at radius 2 is 1.39 bits per heavy atom. The Morgan fingerprint density at radius 1 is 0.739 bits per heavy atom. The van der Waals surface area contributed by atoms with Crippen molar-refractivity contribution < 1.29 is 4.39 Å². The first-order valence-corrected chi connectivity index (χ1v) is 7.51. The molecule has 0 aliphatic rings. The first-order valence-electron chi connectivity index (χ1n) is 7.51. The summed E-state index contributed by atoms with van der Waals surface area (Å²) in [5.74, 6) is -0.463. The molecule has 23 heavy (non-hydrogen) atoms. The number of nitrogens with zero attached hydrogens (tertiary/aromatic N) is 1. The topological polar surface area (TPSA) is 12.9 Å².